The first-order valence-electron chi connectivity index (χ1n) is 9.30. The monoisotopic (exact) mass is 359 g/mol. The average molecular weight is 359 g/mol. The molecule has 6 heteroatoms. The van der Waals surface area contributed by atoms with Crippen LogP contribution in [0.3, 0.4) is 0 Å². The summed E-state index contributed by atoms with van der Waals surface area (Å²) < 4.78 is 19.8. The molecule has 1 amide bonds. The van der Waals surface area contributed by atoms with Crippen molar-refractivity contribution in [3.63, 3.8) is 0 Å². The molecule has 0 spiro atoms. The highest BCUT2D eigenvalue weighted by Gasteiger charge is 2.21. The summed E-state index contributed by atoms with van der Waals surface area (Å²) in [5, 5.41) is 2.81. The molecule has 1 fully saturated rings. The van der Waals surface area contributed by atoms with Crippen molar-refractivity contribution in [2.24, 2.45) is 5.92 Å². The highest BCUT2D eigenvalue weighted by molar-refractivity contribution is 6.04. The van der Waals surface area contributed by atoms with E-state index < -0.39 is 5.82 Å². The Morgan fingerprint density at radius 1 is 1.23 bits per heavy atom. The number of carbonyl (C=O) groups is 1. The zero-order chi connectivity index (χ0) is 18.7. The summed E-state index contributed by atoms with van der Waals surface area (Å²) in [6, 6.07) is 2.52. The predicted molar refractivity (Wildman–Crippen MR) is 98.7 cm³/mol. The van der Waals surface area contributed by atoms with Crippen LogP contribution in [0.4, 0.5) is 4.39 Å². The highest BCUT2D eigenvalue weighted by atomic mass is 19.1. The van der Waals surface area contributed by atoms with Crippen LogP contribution in [0.1, 0.15) is 54.4 Å². The van der Waals surface area contributed by atoms with Gasteiger partial charge in [0.1, 0.15) is 11.3 Å². The molecule has 0 bridgehead atoms. The maximum absolute atomic E-state index is 13.9. The Kier molecular flexibility index (Phi) is 5.81. The number of rotatable bonds is 5. The van der Waals surface area contributed by atoms with Gasteiger partial charge in [0, 0.05) is 12.6 Å². The van der Waals surface area contributed by atoms with Gasteiger partial charge in [-0.2, -0.15) is 0 Å². The zero-order valence-electron chi connectivity index (χ0n) is 15.6. The first-order chi connectivity index (χ1) is 12.5. The molecule has 1 aliphatic rings. The zero-order valence-corrected chi connectivity index (χ0v) is 15.6. The number of hydrogen-bond donors (Lipinski definition) is 1. The van der Waals surface area contributed by atoms with E-state index in [0.29, 0.717) is 30.1 Å². The van der Waals surface area contributed by atoms with E-state index in [1.807, 2.05) is 13.8 Å². The minimum atomic E-state index is -0.493. The van der Waals surface area contributed by atoms with Gasteiger partial charge in [-0.05, 0) is 38.7 Å². The third-order valence-corrected chi connectivity index (χ3v) is 5.14. The number of aryl methyl sites for hydroxylation is 2. The Hall–Kier alpha value is -2.08. The maximum atomic E-state index is 13.9. The second kappa shape index (κ2) is 8.08. The molecule has 1 aliphatic carbocycles. The smallest absolute Gasteiger partial charge is 0.253 e. The normalized spacial score (nSPS) is 20.3. The molecule has 5 nitrogen and oxygen atoms in total. The number of carbonyl (C=O) groups excluding carboxylic acids is 1. The molecule has 3 rings (SSSR count). The van der Waals surface area contributed by atoms with Gasteiger partial charge >= 0.3 is 0 Å². The number of aromatic nitrogens is 2. The summed E-state index contributed by atoms with van der Waals surface area (Å²) in [5.41, 5.74) is 2.48. The van der Waals surface area contributed by atoms with E-state index >= 15 is 0 Å². The molecule has 2 atom stereocenters. The third-order valence-electron chi connectivity index (χ3n) is 5.14. The number of hydrogen-bond acceptors (Lipinski definition) is 4. The van der Waals surface area contributed by atoms with E-state index in [2.05, 4.69) is 22.2 Å². The molecular formula is C20H26FN3O2. The fourth-order valence-corrected chi connectivity index (χ4v) is 3.47. The molecule has 0 saturated heterocycles. The van der Waals surface area contributed by atoms with E-state index in [0.717, 1.165) is 17.8 Å². The van der Waals surface area contributed by atoms with Crippen molar-refractivity contribution >= 4 is 16.9 Å². The Labute approximate surface area is 153 Å². The quantitative estimate of drug-likeness (QED) is 0.827. The Morgan fingerprint density at radius 3 is 2.73 bits per heavy atom. The Bertz CT molecular complexity index is 809. The van der Waals surface area contributed by atoms with Crippen LogP contribution in [-0.4, -0.2) is 35.1 Å². The molecule has 1 aromatic carbocycles. The second-order valence-corrected chi connectivity index (χ2v) is 7.14. The standard InChI is InChI=1S/C20H26FN3O2/c1-12-6-4-5-7-18(12)26-9-8-22-20(25)16-10-15(21)11-17-19(16)24-14(3)13(2)23-17/h10-12,18H,4-9H2,1-3H3,(H,22,25). The van der Waals surface area contributed by atoms with Crippen molar-refractivity contribution in [1.82, 2.24) is 15.3 Å². The predicted octanol–water partition coefficient (Wildman–Crippen LogP) is 3.71. The van der Waals surface area contributed by atoms with Crippen molar-refractivity contribution in [3.8, 4) is 0 Å². The maximum Gasteiger partial charge on any atom is 0.253 e. The molecule has 26 heavy (non-hydrogen) atoms. The fraction of sp³-hybridized carbons (Fsp3) is 0.550. The minimum Gasteiger partial charge on any atom is -0.376 e. The SMILES string of the molecule is Cc1nc2cc(F)cc(C(=O)NCCOC3CCCCC3C)c2nc1C. The lowest BCUT2D eigenvalue weighted by molar-refractivity contribution is -0.00293. The van der Waals surface area contributed by atoms with Crippen molar-refractivity contribution in [3.05, 3.63) is 34.9 Å². The van der Waals surface area contributed by atoms with E-state index in [-0.39, 0.29) is 17.6 Å². The average Bonchev–Trinajstić information content (AvgIpc) is 2.60. The molecule has 2 aromatic rings. The number of halogens is 1. The minimum absolute atomic E-state index is 0.210. The summed E-state index contributed by atoms with van der Waals surface area (Å²) in [6.45, 7) is 6.70. The van der Waals surface area contributed by atoms with Crippen LogP contribution in [0.5, 0.6) is 0 Å². The lowest BCUT2D eigenvalue weighted by Crippen LogP contribution is -2.32. The van der Waals surface area contributed by atoms with Crippen molar-refractivity contribution in [1.29, 1.82) is 0 Å². The molecule has 1 saturated carbocycles. The largest absolute Gasteiger partial charge is 0.376 e. The Balaban J connectivity index is 1.65. The Morgan fingerprint density at radius 2 is 1.96 bits per heavy atom. The van der Waals surface area contributed by atoms with E-state index in [4.69, 9.17) is 4.74 Å². The van der Waals surface area contributed by atoms with Gasteiger partial charge in [-0.3, -0.25) is 4.79 Å². The molecule has 140 valence electrons. The highest BCUT2D eigenvalue weighted by Crippen LogP contribution is 2.26. The van der Waals surface area contributed by atoms with Crippen LogP contribution >= 0.6 is 0 Å². The van der Waals surface area contributed by atoms with E-state index in [9.17, 15) is 9.18 Å². The molecule has 1 N–H and O–H groups in total. The number of ether oxygens (including phenoxy) is 1. The number of amides is 1. The van der Waals surface area contributed by atoms with Crippen LogP contribution in [0.25, 0.3) is 11.0 Å². The molecule has 1 heterocycles. The van der Waals surface area contributed by atoms with Crippen LogP contribution in [0, 0.1) is 25.6 Å². The van der Waals surface area contributed by atoms with Gasteiger partial charge in [-0.15, -0.1) is 0 Å². The molecular weight excluding hydrogens is 333 g/mol. The lowest BCUT2D eigenvalue weighted by Gasteiger charge is -2.28. The molecule has 0 radical (unpaired) electrons. The van der Waals surface area contributed by atoms with Gasteiger partial charge in [-0.1, -0.05) is 19.8 Å². The molecule has 0 aliphatic heterocycles. The van der Waals surface area contributed by atoms with Crippen molar-refractivity contribution in [2.75, 3.05) is 13.2 Å². The van der Waals surface area contributed by atoms with Crippen LogP contribution in [0.2, 0.25) is 0 Å². The number of fused-ring (bicyclic) bond motifs is 1. The number of nitrogens with one attached hydrogen (secondary N) is 1. The van der Waals surface area contributed by atoms with E-state index in [1.54, 1.807) is 0 Å². The summed E-state index contributed by atoms with van der Waals surface area (Å²) in [7, 11) is 0. The van der Waals surface area contributed by atoms with Gasteiger partial charge in [0.2, 0.25) is 0 Å². The first-order valence-corrected chi connectivity index (χ1v) is 9.30. The van der Waals surface area contributed by atoms with Gasteiger partial charge in [0.05, 0.1) is 35.2 Å². The van der Waals surface area contributed by atoms with Crippen LogP contribution in [-0.2, 0) is 4.74 Å². The molecule has 1 aromatic heterocycles. The summed E-state index contributed by atoms with van der Waals surface area (Å²) in [4.78, 5) is 21.3. The summed E-state index contributed by atoms with van der Waals surface area (Å²) in [6.07, 6.45) is 5.02. The van der Waals surface area contributed by atoms with Gasteiger partial charge in [0.25, 0.3) is 5.91 Å². The van der Waals surface area contributed by atoms with Crippen LogP contribution < -0.4 is 5.32 Å². The van der Waals surface area contributed by atoms with E-state index in [1.165, 1.54) is 31.4 Å². The summed E-state index contributed by atoms with van der Waals surface area (Å²) >= 11 is 0. The summed E-state index contributed by atoms with van der Waals surface area (Å²) in [5.74, 6) is -0.284. The second-order valence-electron chi connectivity index (χ2n) is 7.14. The van der Waals surface area contributed by atoms with Crippen molar-refractivity contribution in [2.45, 2.75) is 52.6 Å². The number of benzene rings is 1. The third kappa shape index (κ3) is 4.18. The lowest BCUT2D eigenvalue weighted by atomic mass is 9.88. The van der Waals surface area contributed by atoms with Gasteiger partial charge < -0.3 is 10.1 Å². The van der Waals surface area contributed by atoms with Gasteiger partial charge in [-0.25, -0.2) is 14.4 Å². The topological polar surface area (TPSA) is 64.1 Å². The first kappa shape index (κ1) is 18.7. The molecule has 2 unspecified atom stereocenters. The fourth-order valence-electron chi connectivity index (χ4n) is 3.47. The number of nitrogens with zero attached hydrogens (tertiary/aromatic N) is 2. The van der Waals surface area contributed by atoms with Crippen LogP contribution in [0.15, 0.2) is 12.1 Å². The van der Waals surface area contributed by atoms with Crippen molar-refractivity contribution < 1.29 is 13.9 Å². The van der Waals surface area contributed by atoms with Gasteiger partial charge in [0.15, 0.2) is 0 Å².